The van der Waals surface area contributed by atoms with E-state index in [4.69, 9.17) is 9.52 Å². The summed E-state index contributed by atoms with van der Waals surface area (Å²) in [5.74, 6) is -1.07. The van der Waals surface area contributed by atoms with Crippen LogP contribution in [0.25, 0.3) is 0 Å². The summed E-state index contributed by atoms with van der Waals surface area (Å²) in [6, 6.07) is 1.14. The fourth-order valence-corrected chi connectivity index (χ4v) is 5.73. The SMILES string of the molecule is CCc1oc(C(=O)O)cc1S(=O)(=O)N1C[C@@H]2CN(C)C[C@]2(C)C1. The quantitative estimate of drug-likeness (QED) is 0.881. The summed E-state index contributed by atoms with van der Waals surface area (Å²) in [4.78, 5) is 13.3. The minimum absolute atomic E-state index is 0.00525. The Morgan fingerprint density at radius 3 is 2.70 bits per heavy atom. The standard InChI is InChI=1S/C15H22N2O5S/c1-4-11-13(5-12(22-11)14(18)19)23(20,21)17-7-10-6-16(3)8-15(10,2)9-17/h5,10H,4,6-9H2,1-3H3,(H,18,19)/t10-,15+/m0/s1. The van der Waals surface area contributed by atoms with E-state index in [-0.39, 0.29) is 21.8 Å². The Balaban J connectivity index is 1.93. The molecular weight excluding hydrogens is 320 g/mol. The second-order valence-electron chi connectivity index (χ2n) is 6.90. The molecule has 2 saturated heterocycles. The molecule has 0 spiro atoms. The highest BCUT2D eigenvalue weighted by atomic mass is 32.2. The van der Waals surface area contributed by atoms with Gasteiger partial charge < -0.3 is 14.4 Å². The molecule has 0 saturated carbocycles. The number of sulfonamides is 1. The molecule has 2 aliphatic heterocycles. The van der Waals surface area contributed by atoms with E-state index < -0.39 is 16.0 Å². The minimum Gasteiger partial charge on any atom is -0.475 e. The third kappa shape index (κ3) is 2.58. The number of carboxylic acid groups (broad SMARTS) is 1. The van der Waals surface area contributed by atoms with Gasteiger partial charge in [-0.3, -0.25) is 0 Å². The maximum absolute atomic E-state index is 13.0. The molecule has 128 valence electrons. The van der Waals surface area contributed by atoms with E-state index in [1.54, 1.807) is 6.92 Å². The highest BCUT2D eigenvalue weighted by Crippen LogP contribution is 2.43. The molecule has 0 radical (unpaired) electrons. The monoisotopic (exact) mass is 342 g/mol. The van der Waals surface area contributed by atoms with E-state index in [1.807, 2.05) is 7.05 Å². The number of furan rings is 1. The second-order valence-corrected chi connectivity index (χ2v) is 8.81. The van der Waals surface area contributed by atoms with Crippen LogP contribution in [0.15, 0.2) is 15.4 Å². The van der Waals surface area contributed by atoms with Gasteiger partial charge in [-0.2, -0.15) is 4.31 Å². The molecule has 3 heterocycles. The molecule has 1 aromatic rings. The Kier molecular flexibility index (Phi) is 3.81. The molecule has 2 aliphatic rings. The Bertz CT molecular complexity index is 741. The Morgan fingerprint density at radius 2 is 2.13 bits per heavy atom. The number of likely N-dealkylation sites (tertiary alicyclic amines) is 1. The van der Waals surface area contributed by atoms with Gasteiger partial charge in [0.1, 0.15) is 10.7 Å². The summed E-state index contributed by atoms with van der Waals surface area (Å²) in [5, 5.41) is 9.04. The first kappa shape index (κ1) is 16.5. The van der Waals surface area contributed by atoms with Crippen molar-refractivity contribution in [2.75, 3.05) is 33.2 Å². The van der Waals surface area contributed by atoms with Crippen molar-refractivity contribution in [3.63, 3.8) is 0 Å². The lowest BCUT2D eigenvalue weighted by Gasteiger charge is -2.23. The molecule has 0 amide bonds. The van der Waals surface area contributed by atoms with Crippen LogP contribution in [0, 0.1) is 11.3 Å². The van der Waals surface area contributed by atoms with Crippen LogP contribution in [-0.2, 0) is 16.4 Å². The van der Waals surface area contributed by atoms with Gasteiger partial charge in [-0.1, -0.05) is 13.8 Å². The van der Waals surface area contributed by atoms with Gasteiger partial charge in [-0.25, -0.2) is 13.2 Å². The highest BCUT2D eigenvalue weighted by molar-refractivity contribution is 7.89. The molecule has 3 rings (SSSR count). The number of fused-ring (bicyclic) bond motifs is 1. The van der Waals surface area contributed by atoms with Crippen LogP contribution in [0.2, 0.25) is 0 Å². The average molecular weight is 342 g/mol. The van der Waals surface area contributed by atoms with Gasteiger partial charge >= 0.3 is 5.97 Å². The molecule has 23 heavy (non-hydrogen) atoms. The average Bonchev–Trinajstić information content (AvgIpc) is 3.07. The number of rotatable bonds is 4. The number of hydrogen-bond acceptors (Lipinski definition) is 5. The normalized spacial score (nSPS) is 29.1. The Hall–Kier alpha value is -1.38. The molecular formula is C15H22N2O5S. The van der Waals surface area contributed by atoms with E-state index in [1.165, 1.54) is 4.31 Å². The molecule has 0 aliphatic carbocycles. The van der Waals surface area contributed by atoms with Crippen LogP contribution in [-0.4, -0.2) is 61.9 Å². The van der Waals surface area contributed by atoms with E-state index in [2.05, 4.69) is 11.8 Å². The number of aromatic carboxylic acids is 1. The molecule has 2 atom stereocenters. The minimum atomic E-state index is -3.73. The number of nitrogens with zero attached hydrogens (tertiary/aromatic N) is 2. The number of hydrogen-bond donors (Lipinski definition) is 1. The zero-order chi connectivity index (χ0) is 17.0. The summed E-state index contributed by atoms with van der Waals surface area (Å²) < 4.78 is 32.6. The smallest absolute Gasteiger partial charge is 0.371 e. The number of carboxylic acids is 1. The van der Waals surface area contributed by atoms with Gasteiger partial charge in [-0.05, 0) is 18.4 Å². The Labute approximate surface area is 135 Å². The van der Waals surface area contributed by atoms with Crippen LogP contribution < -0.4 is 0 Å². The summed E-state index contributed by atoms with van der Waals surface area (Å²) in [6.07, 6.45) is 0.332. The van der Waals surface area contributed by atoms with Gasteiger partial charge in [0.25, 0.3) is 0 Å². The first-order valence-electron chi connectivity index (χ1n) is 7.72. The van der Waals surface area contributed by atoms with E-state index in [0.29, 0.717) is 25.4 Å². The van der Waals surface area contributed by atoms with Crippen molar-refractivity contribution in [1.29, 1.82) is 0 Å². The molecule has 1 aromatic heterocycles. The highest BCUT2D eigenvalue weighted by Gasteiger charge is 2.51. The van der Waals surface area contributed by atoms with Gasteiger partial charge in [-0.15, -0.1) is 0 Å². The van der Waals surface area contributed by atoms with Crippen LogP contribution >= 0.6 is 0 Å². The molecule has 8 heteroatoms. The lowest BCUT2D eigenvalue weighted by molar-refractivity contribution is 0.0660. The molecule has 0 aromatic carbocycles. The van der Waals surface area contributed by atoms with Crippen molar-refractivity contribution >= 4 is 16.0 Å². The van der Waals surface area contributed by atoms with Crippen LogP contribution in [0.5, 0.6) is 0 Å². The van der Waals surface area contributed by atoms with Crippen molar-refractivity contribution in [1.82, 2.24) is 9.21 Å². The molecule has 2 fully saturated rings. The number of aryl methyl sites for hydroxylation is 1. The van der Waals surface area contributed by atoms with Crippen molar-refractivity contribution in [3.05, 3.63) is 17.6 Å². The van der Waals surface area contributed by atoms with Crippen LogP contribution in [0.4, 0.5) is 0 Å². The van der Waals surface area contributed by atoms with Crippen LogP contribution in [0.3, 0.4) is 0 Å². The zero-order valence-corrected chi connectivity index (χ0v) is 14.4. The third-order valence-electron chi connectivity index (χ3n) is 5.03. The molecule has 7 nitrogen and oxygen atoms in total. The molecule has 0 bridgehead atoms. The van der Waals surface area contributed by atoms with Gasteiger partial charge in [0.2, 0.25) is 15.8 Å². The van der Waals surface area contributed by atoms with Crippen molar-refractivity contribution in [2.45, 2.75) is 25.2 Å². The van der Waals surface area contributed by atoms with Crippen molar-refractivity contribution in [2.24, 2.45) is 11.3 Å². The maximum Gasteiger partial charge on any atom is 0.371 e. The van der Waals surface area contributed by atoms with Crippen LogP contribution in [0.1, 0.15) is 30.2 Å². The predicted molar refractivity (Wildman–Crippen MR) is 82.9 cm³/mol. The fourth-order valence-electron chi connectivity index (χ4n) is 3.88. The van der Waals surface area contributed by atoms with Gasteiger partial charge in [0.15, 0.2) is 0 Å². The largest absolute Gasteiger partial charge is 0.475 e. The fraction of sp³-hybridized carbons (Fsp3) is 0.667. The van der Waals surface area contributed by atoms with Crippen molar-refractivity contribution in [3.8, 4) is 0 Å². The topological polar surface area (TPSA) is 91.1 Å². The number of carbonyl (C=O) groups is 1. The molecule has 1 N–H and O–H groups in total. The van der Waals surface area contributed by atoms with Gasteiger partial charge in [0.05, 0.1) is 0 Å². The lowest BCUT2D eigenvalue weighted by Crippen LogP contribution is -2.34. The van der Waals surface area contributed by atoms with E-state index >= 15 is 0 Å². The third-order valence-corrected chi connectivity index (χ3v) is 6.89. The summed E-state index contributed by atoms with van der Waals surface area (Å²) in [6.45, 7) is 6.56. The predicted octanol–water partition coefficient (Wildman–Crippen LogP) is 1.11. The maximum atomic E-state index is 13.0. The summed E-state index contributed by atoms with van der Waals surface area (Å²) in [5.41, 5.74) is -0.0481. The summed E-state index contributed by atoms with van der Waals surface area (Å²) >= 11 is 0. The first-order valence-corrected chi connectivity index (χ1v) is 9.16. The molecule has 0 unspecified atom stereocenters. The summed E-state index contributed by atoms with van der Waals surface area (Å²) in [7, 11) is -1.69. The second kappa shape index (κ2) is 5.32. The first-order chi connectivity index (χ1) is 10.7. The lowest BCUT2D eigenvalue weighted by atomic mass is 9.83. The zero-order valence-electron chi connectivity index (χ0n) is 13.6. The Morgan fingerprint density at radius 1 is 1.43 bits per heavy atom. The van der Waals surface area contributed by atoms with Crippen molar-refractivity contribution < 1.29 is 22.7 Å². The van der Waals surface area contributed by atoms with E-state index in [9.17, 15) is 13.2 Å². The van der Waals surface area contributed by atoms with E-state index in [0.717, 1.165) is 19.2 Å². The van der Waals surface area contributed by atoms with Gasteiger partial charge in [0, 0.05) is 38.7 Å².